The normalized spacial score (nSPS) is 30.3. The lowest BCUT2D eigenvalue weighted by Crippen LogP contribution is -2.72. The van der Waals surface area contributed by atoms with Crippen LogP contribution in [0, 0.1) is 0 Å². The van der Waals surface area contributed by atoms with Gasteiger partial charge in [0.15, 0.2) is 0 Å². The van der Waals surface area contributed by atoms with E-state index in [9.17, 15) is 0 Å². The highest BCUT2D eigenvalue weighted by Gasteiger charge is 2.37. The Labute approximate surface area is 69.5 Å². The molecule has 0 unspecified atom stereocenters. The molecule has 0 radical (unpaired) electrons. The standard InChI is InChI=1S/C9H20N2/c1-8(2)5-7(10)6-9(3,4)11-8/h7,11H,5-6,10H2,1-4H3/p+1. The fraction of sp³-hybridized carbons (Fsp3) is 1.00. The van der Waals surface area contributed by atoms with Crippen molar-refractivity contribution in [1.82, 2.24) is 5.32 Å². The van der Waals surface area contributed by atoms with Gasteiger partial charge in [-0.2, -0.15) is 0 Å². The zero-order chi connectivity index (χ0) is 8.70. The average Bonchev–Trinajstić information content (AvgIpc) is 1.49. The fourth-order valence-electron chi connectivity index (χ4n) is 2.53. The van der Waals surface area contributed by atoms with Gasteiger partial charge in [0, 0.05) is 23.9 Å². The quantitative estimate of drug-likeness (QED) is 0.529. The smallest absolute Gasteiger partial charge is 0.0878 e. The van der Waals surface area contributed by atoms with Crippen molar-refractivity contribution < 1.29 is 5.73 Å². The Morgan fingerprint density at radius 1 is 1.09 bits per heavy atom. The predicted octanol–water partition coefficient (Wildman–Crippen LogP) is 0.538. The summed E-state index contributed by atoms with van der Waals surface area (Å²) in [5.41, 5.74) is 4.69. The van der Waals surface area contributed by atoms with E-state index in [-0.39, 0.29) is 11.1 Å². The number of hydrogen-bond acceptors (Lipinski definition) is 1. The molecule has 66 valence electrons. The summed E-state index contributed by atoms with van der Waals surface area (Å²) in [5.74, 6) is 0. The van der Waals surface area contributed by atoms with Gasteiger partial charge in [0.2, 0.25) is 0 Å². The number of quaternary nitrogens is 1. The van der Waals surface area contributed by atoms with Crippen molar-refractivity contribution in [2.45, 2.75) is 57.7 Å². The van der Waals surface area contributed by atoms with Crippen molar-refractivity contribution in [3.63, 3.8) is 0 Å². The summed E-state index contributed by atoms with van der Waals surface area (Å²) in [6.07, 6.45) is 2.38. The van der Waals surface area contributed by atoms with Crippen LogP contribution in [0.1, 0.15) is 40.5 Å². The van der Waals surface area contributed by atoms with E-state index in [1.54, 1.807) is 0 Å². The zero-order valence-corrected chi connectivity index (χ0v) is 8.20. The van der Waals surface area contributed by atoms with Crippen molar-refractivity contribution in [3.05, 3.63) is 0 Å². The topological polar surface area (TPSA) is 39.7 Å². The molecule has 0 aliphatic carbocycles. The molecule has 2 nitrogen and oxygen atoms in total. The molecule has 1 rings (SSSR count). The highest BCUT2D eigenvalue weighted by atomic mass is 15.1. The van der Waals surface area contributed by atoms with E-state index in [4.69, 9.17) is 0 Å². The van der Waals surface area contributed by atoms with E-state index < -0.39 is 0 Å². The Morgan fingerprint density at radius 2 is 1.45 bits per heavy atom. The third kappa shape index (κ3) is 2.46. The molecule has 0 amide bonds. The highest BCUT2D eigenvalue weighted by molar-refractivity contribution is 4.96. The molecule has 11 heavy (non-hydrogen) atoms. The first-order chi connectivity index (χ1) is 4.81. The first-order valence-corrected chi connectivity index (χ1v) is 4.43. The van der Waals surface area contributed by atoms with Gasteiger partial charge < -0.3 is 11.1 Å². The van der Waals surface area contributed by atoms with Gasteiger partial charge in [-0.05, 0) is 27.7 Å². The minimum absolute atomic E-state index is 0.272. The SMILES string of the molecule is CC1(C)CC([NH3+])CC(C)(C)N1. The predicted molar refractivity (Wildman–Crippen MR) is 47.2 cm³/mol. The summed E-state index contributed by atoms with van der Waals surface area (Å²) in [6.45, 7) is 9.02. The van der Waals surface area contributed by atoms with E-state index in [1.807, 2.05) is 0 Å². The van der Waals surface area contributed by atoms with Crippen molar-refractivity contribution in [2.75, 3.05) is 0 Å². The molecule has 0 aromatic carbocycles. The second-order valence-electron chi connectivity index (χ2n) is 5.17. The van der Waals surface area contributed by atoms with Crippen molar-refractivity contribution >= 4 is 0 Å². The van der Waals surface area contributed by atoms with Crippen LogP contribution in [0.2, 0.25) is 0 Å². The molecular weight excluding hydrogens is 136 g/mol. The summed E-state index contributed by atoms with van der Waals surface area (Å²) >= 11 is 0. The second-order valence-corrected chi connectivity index (χ2v) is 5.17. The van der Waals surface area contributed by atoms with Crippen molar-refractivity contribution in [3.8, 4) is 0 Å². The Balaban J connectivity index is 2.66. The molecule has 0 aromatic heterocycles. The van der Waals surface area contributed by atoms with Crippen LogP contribution >= 0.6 is 0 Å². The lowest BCUT2D eigenvalue weighted by atomic mass is 9.80. The second kappa shape index (κ2) is 2.46. The van der Waals surface area contributed by atoms with Crippen LogP contribution in [0.4, 0.5) is 0 Å². The monoisotopic (exact) mass is 157 g/mol. The summed E-state index contributed by atoms with van der Waals surface area (Å²) in [7, 11) is 0. The molecule has 1 saturated heterocycles. The number of nitrogens with one attached hydrogen (secondary N) is 1. The summed E-state index contributed by atoms with van der Waals surface area (Å²) in [6, 6.07) is 0.612. The van der Waals surface area contributed by atoms with Gasteiger partial charge in [0.05, 0.1) is 6.04 Å². The number of rotatable bonds is 0. The van der Waals surface area contributed by atoms with Crippen LogP contribution in [-0.2, 0) is 0 Å². The van der Waals surface area contributed by atoms with Gasteiger partial charge in [0.25, 0.3) is 0 Å². The van der Waals surface area contributed by atoms with E-state index in [0.717, 1.165) is 0 Å². The van der Waals surface area contributed by atoms with Crippen molar-refractivity contribution in [1.29, 1.82) is 0 Å². The van der Waals surface area contributed by atoms with Crippen LogP contribution < -0.4 is 11.1 Å². The summed E-state index contributed by atoms with van der Waals surface area (Å²) in [4.78, 5) is 0. The van der Waals surface area contributed by atoms with Crippen LogP contribution in [0.25, 0.3) is 0 Å². The average molecular weight is 157 g/mol. The number of hydrogen-bond donors (Lipinski definition) is 2. The third-order valence-electron chi connectivity index (χ3n) is 2.27. The van der Waals surface area contributed by atoms with Gasteiger partial charge >= 0.3 is 0 Å². The molecule has 0 bridgehead atoms. The maximum absolute atomic E-state index is 4.15. The van der Waals surface area contributed by atoms with Crippen molar-refractivity contribution in [2.24, 2.45) is 0 Å². The van der Waals surface area contributed by atoms with E-state index in [0.29, 0.717) is 6.04 Å². The molecule has 1 aliphatic rings. The van der Waals surface area contributed by atoms with Crippen LogP contribution in [0.5, 0.6) is 0 Å². The fourth-order valence-corrected chi connectivity index (χ4v) is 2.53. The lowest BCUT2D eigenvalue weighted by molar-refractivity contribution is -0.432. The largest absolute Gasteiger partial charge is 0.355 e. The lowest BCUT2D eigenvalue weighted by Gasteiger charge is -2.43. The van der Waals surface area contributed by atoms with Gasteiger partial charge in [-0.3, -0.25) is 0 Å². The number of piperidine rings is 1. The minimum Gasteiger partial charge on any atom is -0.355 e. The molecule has 4 N–H and O–H groups in total. The van der Waals surface area contributed by atoms with Crippen LogP contribution in [0.15, 0.2) is 0 Å². The molecule has 0 atom stereocenters. The maximum atomic E-state index is 4.15. The van der Waals surface area contributed by atoms with Gasteiger partial charge in [-0.15, -0.1) is 0 Å². The van der Waals surface area contributed by atoms with Crippen LogP contribution in [0.3, 0.4) is 0 Å². The Hall–Kier alpha value is -0.0800. The third-order valence-corrected chi connectivity index (χ3v) is 2.27. The van der Waals surface area contributed by atoms with Gasteiger partial charge in [-0.1, -0.05) is 0 Å². The van der Waals surface area contributed by atoms with Gasteiger partial charge in [-0.25, -0.2) is 0 Å². The maximum Gasteiger partial charge on any atom is 0.0878 e. The molecule has 0 aromatic rings. The first-order valence-electron chi connectivity index (χ1n) is 4.43. The molecule has 2 heteroatoms. The first kappa shape index (κ1) is 9.01. The molecular formula is C9H21N2+. The molecule has 0 spiro atoms. The molecule has 1 heterocycles. The molecule has 0 saturated carbocycles. The van der Waals surface area contributed by atoms with E-state index in [1.165, 1.54) is 12.8 Å². The molecule has 1 fully saturated rings. The summed E-state index contributed by atoms with van der Waals surface area (Å²) < 4.78 is 0. The highest BCUT2D eigenvalue weighted by Crippen LogP contribution is 2.26. The summed E-state index contributed by atoms with van der Waals surface area (Å²) in [5, 5.41) is 3.62. The minimum atomic E-state index is 0.272. The van der Waals surface area contributed by atoms with E-state index in [2.05, 4.69) is 38.7 Å². The zero-order valence-electron chi connectivity index (χ0n) is 8.20. The Morgan fingerprint density at radius 3 is 1.73 bits per heavy atom. The van der Waals surface area contributed by atoms with Gasteiger partial charge in [0.1, 0.15) is 0 Å². The Kier molecular flexibility index (Phi) is 2.01. The molecule has 1 aliphatic heterocycles. The van der Waals surface area contributed by atoms with E-state index >= 15 is 0 Å². The Bertz CT molecular complexity index is 134. The van der Waals surface area contributed by atoms with Crippen LogP contribution in [-0.4, -0.2) is 17.1 Å².